The van der Waals surface area contributed by atoms with Crippen LogP contribution in [0.3, 0.4) is 0 Å². The molecule has 0 radical (unpaired) electrons. The third-order valence-electron chi connectivity index (χ3n) is 6.40. The van der Waals surface area contributed by atoms with Gasteiger partial charge in [0, 0.05) is 6.42 Å². The zero-order valence-corrected chi connectivity index (χ0v) is 21.2. The summed E-state index contributed by atoms with van der Waals surface area (Å²) in [7, 11) is 0. The Morgan fingerprint density at radius 3 is 1.10 bits per heavy atom. The van der Waals surface area contributed by atoms with Gasteiger partial charge >= 0.3 is 5.97 Å². The second-order valence-corrected chi connectivity index (χ2v) is 9.62. The van der Waals surface area contributed by atoms with E-state index >= 15 is 0 Å². The summed E-state index contributed by atoms with van der Waals surface area (Å²) in [5.74, 6) is -0.673. The van der Waals surface area contributed by atoms with Gasteiger partial charge in [-0.15, -0.1) is 0 Å². The van der Waals surface area contributed by atoms with Gasteiger partial charge in [0.2, 0.25) is 0 Å². The van der Waals surface area contributed by atoms with Gasteiger partial charge in [-0.25, -0.2) is 0 Å². The van der Waals surface area contributed by atoms with Crippen LogP contribution < -0.4 is 0 Å². The smallest absolute Gasteiger partial charge is 0.303 e. The van der Waals surface area contributed by atoms with Crippen molar-refractivity contribution in [3.63, 3.8) is 0 Å². The molecule has 0 saturated heterocycles. The Kier molecular flexibility index (Phi) is 26.5. The summed E-state index contributed by atoms with van der Waals surface area (Å²) in [6, 6.07) is 0. The molecule has 0 bridgehead atoms. The minimum absolute atomic E-state index is 0.313. The van der Waals surface area contributed by atoms with Gasteiger partial charge in [0.15, 0.2) is 0 Å². The van der Waals surface area contributed by atoms with Crippen molar-refractivity contribution >= 4 is 5.97 Å². The number of aliphatic carboxylic acids is 1. The number of carboxylic acids is 1. The highest BCUT2D eigenvalue weighted by Crippen LogP contribution is 2.15. The van der Waals surface area contributed by atoms with Crippen LogP contribution >= 0.6 is 0 Å². The van der Waals surface area contributed by atoms with E-state index in [1.165, 1.54) is 135 Å². The molecule has 0 spiro atoms. The summed E-state index contributed by atoms with van der Waals surface area (Å²) in [4.78, 5) is 10.4. The Balaban J connectivity index is 3.05. The first-order chi connectivity index (χ1) is 15.3. The van der Waals surface area contributed by atoms with E-state index in [-0.39, 0.29) is 0 Å². The molecule has 31 heavy (non-hydrogen) atoms. The molecule has 184 valence electrons. The Labute approximate surface area is 195 Å². The molecule has 0 aromatic heterocycles. The van der Waals surface area contributed by atoms with Crippen molar-refractivity contribution in [2.45, 2.75) is 167 Å². The van der Waals surface area contributed by atoms with Gasteiger partial charge in [-0.3, -0.25) is 4.79 Å². The summed E-state index contributed by atoms with van der Waals surface area (Å²) < 4.78 is 0. The van der Waals surface area contributed by atoms with E-state index in [4.69, 9.17) is 5.11 Å². The van der Waals surface area contributed by atoms with E-state index in [9.17, 15) is 4.79 Å². The van der Waals surface area contributed by atoms with Gasteiger partial charge in [-0.05, 0) is 32.1 Å². The highest BCUT2D eigenvalue weighted by atomic mass is 16.4. The van der Waals surface area contributed by atoms with E-state index < -0.39 is 5.97 Å². The minimum Gasteiger partial charge on any atom is -0.481 e. The maximum Gasteiger partial charge on any atom is 0.303 e. The lowest BCUT2D eigenvalue weighted by molar-refractivity contribution is -0.137. The maximum absolute atomic E-state index is 10.4. The third-order valence-corrected chi connectivity index (χ3v) is 6.40. The Bertz CT molecular complexity index is 375. The van der Waals surface area contributed by atoms with Crippen LogP contribution in [-0.4, -0.2) is 11.1 Å². The summed E-state index contributed by atoms with van der Waals surface area (Å²) in [5, 5.41) is 8.58. The van der Waals surface area contributed by atoms with Crippen LogP contribution in [0.4, 0.5) is 0 Å². The summed E-state index contributed by atoms with van der Waals surface area (Å²) in [6.45, 7) is 2.29. The van der Waals surface area contributed by atoms with Crippen molar-refractivity contribution < 1.29 is 9.90 Å². The number of carboxylic acid groups (broad SMARTS) is 1. The standard InChI is InChI=1S/C29H56O2/c1-2-3-4-5-6-7-8-9-10-11-12-13-14-15-16-17-18-19-20-21-22-23-24-25-26-27-28-29(30)31/h23-24H,2-22,25-28H2,1H3,(H,30,31). The topological polar surface area (TPSA) is 37.3 Å². The average Bonchev–Trinajstić information content (AvgIpc) is 2.76. The third kappa shape index (κ3) is 29.2. The Morgan fingerprint density at radius 1 is 0.484 bits per heavy atom. The largest absolute Gasteiger partial charge is 0.481 e. The number of hydrogen-bond acceptors (Lipinski definition) is 1. The Hall–Kier alpha value is -0.790. The first-order valence-electron chi connectivity index (χ1n) is 14.1. The molecule has 2 nitrogen and oxygen atoms in total. The van der Waals surface area contributed by atoms with Crippen LogP contribution in [0.15, 0.2) is 12.2 Å². The van der Waals surface area contributed by atoms with Gasteiger partial charge in [0.25, 0.3) is 0 Å². The lowest BCUT2D eigenvalue weighted by Gasteiger charge is -2.04. The molecule has 0 aromatic carbocycles. The van der Waals surface area contributed by atoms with Crippen molar-refractivity contribution in [2.75, 3.05) is 0 Å². The molecule has 0 unspecified atom stereocenters. The molecule has 0 aliphatic carbocycles. The van der Waals surface area contributed by atoms with Crippen LogP contribution in [0.5, 0.6) is 0 Å². The second-order valence-electron chi connectivity index (χ2n) is 9.62. The summed E-state index contributed by atoms with van der Waals surface area (Å²) >= 11 is 0. The zero-order valence-electron chi connectivity index (χ0n) is 21.2. The number of allylic oxidation sites excluding steroid dienone is 2. The molecule has 0 saturated carbocycles. The monoisotopic (exact) mass is 436 g/mol. The second kappa shape index (κ2) is 27.2. The summed E-state index contributed by atoms with van der Waals surface area (Å²) in [5.41, 5.74) is 0. The summed E-state index contributed by atoms with van der Waals surface area (Å²) in [6.07, 6.45) is 37.5. The highest BCUT2D eigenvalue weighted by molar-refractivity contribution is 5.66. The van der Waals surface area contributed by atoms with Gasteiger partial charge in [0.05, 0.1) is 0 Å². The van der Waals surface area contributed by atoms with Gasteiger partial charge in [-0.2, -0.15) is 0 Å². The molecule has 0 rings (SSSR count). The van der Waals surface area contributed by atoms with Gasteiger partial charge < -0.3 is 5.11 Å². The van der Waals surface area contributed by atoms with E-state index in [1.807, 2.05) is 0 Å². The van der Waals surface area contributed by atoms with E-state index in [0.717, 1.165) is 19.3 Å². The van der Waals surface area contributed by atoms with E-state index in [2.05, 4.69) is 19.1 Å². The molecule has 0 aromatic rings. The lowest BCUT2D eigenvalue weighted by Crippen LogP contribution is -1.92. The first-order valence-corrected chi connectivity index (χ1v) is 14.1. The highest BCUT2D eigenvalue weighted by Gasteiger charge is 1.96. The fourth-order valence-electron chi connectivity index (χ4n) is 4.29. The fraction of sp³-hybridized carbons (Fsp3) is 0.897. The normalized spacial score (nSPS) is 11.5. The van der Waals surface area contributed by atoms with E-state index in [0.29, 0.717) is 6.42 Å². The van der Waals surface area contributed by atoms with Gasteiger partial charge in [-0.1, -0.05) is 141 Å². The van der Waals surface area contributed by atoms with Crippen molar-refractivity contribution in [3.05, 3.63) is 12.2 Å². The quantitative estimate of drug-likeness (QED) is 0.108. The van der Waals surface area contributed by atoms with E-state index in [1.54, 1.807) is 0 Å². The predicted octanol–water partition coefficient (Wildman–Crippen LogP) is 10.4. The SMILES string of the molecule is CCCCCCCCCCCCCCCCCCCCCCC=CCCCCC(=O)O. The van der Waals surface area contributed by atoms with Crippen LogP contribution in [0.2, 0.25) is 0 Å². The first kappa shape index (κ1) is 30.2. The molecule has 1 N–H and O–H groups in total. The predicted molar refractivity (Wildman–Crippen MR) is 138 cm³/mol. The number of hydrogen-bond donors (Lipinski definition) is 1. The fourth-order valence-corrected chi connectivity index (χ4v) is 4.29. The zero-order chi connectivity index (χ0) is 22.7. The number of unbranched alkanes of at least 4 members (excludes halogenated alkanes) is 22. The molecular formula is C29H56O2. The molecule has 0 amide bonds. The molecule has 0 aliphatic rings. The minimum atomic E-state index is -0.673. The molecule has 0 heterocycles. The van der Waals surface area contributed by atoms with Crippen molar-refractivity contribution in [2.24, 2.45) is 0 Å². The Morgan fingerprint density at radius 2 is 0.774 bits per heavy atom. The molecule has 0 aliphatic heterocycles. The average molecular weight is 437 g/mol. The van der Waals surface area contributed by atoms with Crippen molar-refractivity contribution in [3.8, 4) is 0 Å². The van der Waals surface area contributed by atoms with Crippen LogP contribution in [0, 0.1) is 0 Å². The molecule has 2 heteroatoms. The van der Waals surface area contributed by atoms with Gasteiger partial charge in [0.1, 0.15) is 0 Å². The lowest BCUT2D eigenvalue weighted by atomic mass is 10.0. The maximum atomic E-state index is 10.4. The molecule has 0 fully saturated rings. The van der Waals surface area contributed by atoms with Crippen molar-refractivity contribution in [1.29, 1.82) is 0 Å². The van der Waals surface area contributed by atoms with Crippen LogP contribution in [0.1, 0.15) is 167 Å². The molecule has 0 atom stereocenters. The molecular weight excluding hydrogens is 380 g/mol. The van der Waals surface area contributed by atoms with Crippen LogP contribution in [0.25, 0.3) is 0 Å². The van der Waals surface area contributed by atoms with Crippen molar-refractivity contribution in [1.82, 2.24) is 0 Å². The van der Waals surface area contributed by atoms with Crippen LogP contribution in [-0.2, 0) is 4.79 Å². The number of rotatable bonds is 26. The number of carbonyl (C=O) groups is 1.